The van der Waals surface area contributed by atoms with Crippen LogP contribution < -0.4 is 0 Å². The molecule has 0 amide bonds. The number of epoxide rings is 1. The molecule has 1 aliphatic heterocycles. The van der Waals surface area contributed by atoms with Crippen molar-refractivity contribution in [1.29, 1.82) is 0 Å². The Morgan fingerprint density at radius 1 is 1.67 bits per heavy atom. The van der Waals surface area contributed by atoms with Crippen molar-refractivity contribution in [1.82, 2.24) is 0 Å². The molecular formula is C12H14O3. The number of methoxy groups -OCH3 is 1. The second-order valence-corrected chi connectivity index (χ2v) is 4.62. The largest absolute Gasteiger partial charge is 0.366 e. The normalized spacial score (nSPS) is 47.4. The number of carbonyl (C=O) groups excluding carboxylic acids is 1. The topological polar surface area (TPSA) is 38.8 Å². The van der Waals surface area contributed by atoms with Crippen molar-refractivity contribution in [2.24, 2.45) is 5.92 Å². The summed E-state index contributed by atoms with van der Waals surface area (Å²) in [5, 5.41) is 0. The zero-order valence-electron chi connectivity index (χ0n) is 8.73. The predicted molar refractivity (Wildman–Crippen MR) is 54.4 cm³/mol. The molecule has 0 aromatic carbocycles. The smallest absolute Gasteiger partial charge is 0.174 e. The van der Waals surface area contributed by atoms with Crippen molar-refractivity contribution in [3.8, 4) is 0 Å². The van der Waals surface area contributed by atoms with E-state index in [4.69, 9.17) is 9.47 Å². The lowest BCUT2D eigenvalue weighted by Crippen LogP contribution is -2.47. The average molecular weight is 206 g/mol. The van der Waals surface area contributed by atoms with Gasteiger partial charge in [-0.05, 0) is 12.5 Å². The van der Waals surface area contributed by atoms with Gasteiger partial charge in [-0.1, -0.05) is 18.2 Å². The molecule has 15 heavy (non-hydrogen) atoms. The molecule has 3 heteroatoms. The third-order valence-corrected chi connectivity index (χ3v) is 3.65. The number of hydrogen-bond donors (Lipinski definition) is 0. The Hall–Kier alpha value is -0.930. The maximum Gasteiger partial charge on any atom is 0.174 e. The van der Waals surface area contributed by atoms with Gasteiger partial charge in [0.25, 0.3) is 0 Å². The van der Waals surface area contributed by atoms with Crippen LogP contribution in [0.2, 0.25) is 0 Å². The van der Waals surface area contributed by atoms with Gasteiger partial charge in [0.2, 0.25) is 0 Å². The van der Waals surface area contributed by atoms with Gasteiger partial charge in [0, 0.05) is 13.5 Å². The van der Waals surface area contributed by atoms with E-state index >= 15 is 0 Å². The number of fused-ring (bicyclic) bond motifs is 4. The second kappa shape index (κ2) is 2.80. The molecule has 1 saturated heterocycles. The van der Waals surface area contributed by atoms with Crippen LogP contribution in [0.4, 0.5) is 0 Å². The molecule has 0 spiro atoms. The van der Waals surface area contributed by atoms with Crippen molar-refractivity contribution >= 4 is 5.78 Å². The van der Waals surface area contributed by atoms with Crippen molar-refractivity contribution in [3.05, 3.63) is 24.3 Å². The van der Waals surface area contributed by atoms with E-state index in [0.717, 1.165) is 12.0 Å². The molecule has 0 aromatic rings. The van der Waals surface area contributed by atoms with Gasteiger partial charge in [0.15, 0.2) is 5.78 Å². The van der Waals surface area contributed by atoms with Crippen LogP contribution >= 0.6 is 0 Å². The monoisotopic (exact) mass is 206 g/mol. The predicted octanol–water partition coefficient (Wildman–Crippen LogP) is 1.24. The van der Waals surface area contributed by atoms with Crippen LogP contribution in [0.5, 0.6) is 0 Å². The minimum absolute atomic E-state index is 0.0498. The Morgan fingerprint density at radius 2 is 2.47 bits per heavy atom. The molecule has 2 fully saturated rings. The van der Waals surface area contributed by atoms with Crippen LogP contribution in [0, 0.1) is 5.92 Å². The lowest BCUT2D eigenvalue weighted by molar-refractivity contribution is -0.142. The van der Waals surface area contributed by atoms with Gasteiger partial charge >= 0.3 is 0 Å². The van der Waals surface area contributed by atoms with Gasteiger partial charge in [-0.15, -0.1) is 0 Å². The molecule has 1 saturated carbocycles. The highest BCUT2D eigenvalue weighted by atomic mass is 16.6. The third-order valence-electron chi connectivity index (χ3n) is 3.65. The number of hydrogen-bond acceptors (Lipinski definition) is 3. The molecule has 4 atom stereocenters. The molecule has 0 unspecified atom stereocenters. The summed E-state index contributed by atoms with van der Waals surface area (Å²) in [6.07, 6.45) is 5.40. The van der Waals surface area contributed by atoms with Crippen molar-refractivity contribution in [3.63, 3.8) is 0 Å². The fourth-order valence-corrected chi connectivity index (χ4v) is 2.76. The van der Waals surface area contributed by atoms with Gasteiger partial charge in [-0.2, -0.15) is 0 Å². The van der Waals surface area contributed by atoms with Gasteiger partial charge in [0.05, 0.1) is 12.0 Å². The van der Waals surface area contributed by atoms with Crippen molar-refractivity contribution < 1.29 is 14.3 Å². The second-order valence-electron chi connectivity index (χ2n) is 4.62. The molecular weight excluding hydrogens is 192 g/mol. The summed E-state index contributed by atoms with van der Waals surface area (Å²) in [6.45, 7) is 4.00. The molecule has 0 N–H and O–H groups in total. The van der Waals surface area contributed by atoms with Gasteiger partial charge < -0.3 is 9.47 Å². The fraction of sp³-hybridized carbons (Fsp3) is 0.583. The lowest BCUT2D eigenvalue weighted by atomic mass is 9.74. The van der Waals surface area contributed by atoms with Gasteiger partial charge in [-0.25, -0.2) is 0 Å². The maximum absolute atomic E-state index is 12.3. The summed E-state index contributed by atoms with van der Waals surface area (Å²) >= 11 is 0. The molecule has 3 nitrogen and oxygen atoms in total. The Morgan fingerprint density at radius 3 is 3.20 bits per heavy atom. The summed E-state index contributed by atoms with van der Waals surface area (Å²) < 4.78 is 10.9. The Bertz CT molecular complexity index is 371. The zero-order valence-corrected chi connectivity index (χ0v) is 8.73. The minimum atomic E-state index is -0.753. The standard InChI is InChI=1S/C12H14O3/c1-7-5-8-10-9(15-10)3-4-12(6-7,14-2)11(8)13/h3-4,8-10H,1,5-6H2,2H3/t8-,9-,10+,12+/m0/s1. The van der Waals surface area contributed by atoms with Crippen LogP contribution in [0.3, 0.4) is 0 Å². The van der Waals surface area contributed by atoms with Gasteiger partial charge in [-0.3, -0.25) is 4.79 Å². The van der Waals surface area contributed by atoms with Crippen LogP contribution in [0.15, 0.2) is 24.3 Å². The number of rotatable bonds is 1. The van der Waals surface area contributed by atoms with Crippen LogP contribution in [-0.4, -0.2) is 30.7 Å². The summed E-state index contributed by atoms with van der Waals surface area (Å²) in [5.41, 5.74) is 0.332. The quantitative estimate of drug-likeness (QED) is 0.478. The van der Waals surface area contributed by atoms with Crippen LogP contribution in [0.1, 0.15) is 12.8 Å². The van der Waals surface area contributed by atoms with E-state index in [1.54, 1.807) is 7.11 Å². The number of Topliss-reactive ketones (excluding diaryl/α,β-unsaturated/α-hetero) is 1. The Labute approximate surface area is 88.7 Å². The van der Waals surface area contributed by atoms with E-state index < -0.39 is 5.60 Å². The summed E-state index contributed by atoms with van der Waals surface area (Å²) in [4.78, 5) is 12.3. The van der Waals surface area contributed by atoms with E-state index in [0.29, 0.717) is 6.42 Å². The van der Waals surface area contributed by atoms with Crippen molar-refractivity contribution in [2.45, 2.75) is 30.7 Å². The van der Waals surface area contributed by atoms with Crippen LogP contribution in [-0.2, 0) is 14.3 Å². The maximum atomic E-state index is 12.3. The first-order valence-corrected chi connectivity index (χ1v) is 5.27. The van der Waals surface area contributed by atoms with Crippen molar-refractivity contribution in [2.75, 3.05) is 7.11 Å². The molecule has 3 aliphatic rings. The Kier molecular flexibility index (Phi) is 1.74. The van der Waals surface area contributed by atoms with E-state index in [1.165, 1.54) is 0 Å². The summed E-state index contributed by atoms with van der Waals surface area (Å²) in [5.74, 6) is 0.116. The first-order valence-electron chi connectivity index (χ1n) is 5.27. The number of carbonyl (C=O) groups is 1. The SMILES string of the molecule is C=C1C[C@@H]2C(=O)[C@@](OC)(C=C[C@@H]3O[C@@H]32)C1. The minimum Gasteiger partial charge on any atom is -0.366 e. The zero-order chi connectivity index (χ0) is 10.6. The molecule has 80 valence electrons. The highest BCUT2D eigenvalue weighted by Crippen LogP contribution is 2.46. The molecule has 1 heterocycles. The molecule has 2 bridgehead atoms. The summed E-state index contributed by atoms with van der Waals surface area (Å²) in [7, 11) is 1.59. The fourth-order valence-electron chi connectivity index (χ4n) is 2.76. The average Bonchev–Trinajstić information content (AvgIpc) is 2.98. The molecule has 3 rings (SSSR count). The van der Waals surface area contributed by atoms with E-state index in [-0.39, 0.29) is 23.9 Å². The third kappa shape index (κ3) is 1.17. The first-order chi connectivity index (χ1) is 7.16. The highest BCUT2D eigenvalue weighted by molar-refractivity contribution is 5.94. The number of ether oxygens (including phenoxy) is 2. The lowest BCUT2D eigenvalue weighted by Gasteiger charge is -2.36. The van der Waals surface area contributed by atoms with E-state index in [2.05, 4.69) is 6.58 Å². The van der Waals surface area contributed by atoms with E-state index in [1.807, 2.05) is 12.2 Å². The number of ketones is 1. The molecule has 0 radical (unpaired) electrons. The first kappa shape index (κ1) is 9.31. The van der Waals surface area contributed by atoms with Crippen LogP contribution in [0.25, 0.3) is 0 Å². The summed E-state index contributed by atoms with van der Waals surface area (Å²) in [6, 6.07) is 0. The van der Waals surface area contributed by atoms with E-state index in [9.17, 15) is 4.79 Å². The molecule has 2 aliphatic carbocycles. The van der Waals surface area contributed by atoms with Gasteiger partial charge in [0.1, 0.15) is 11.7 Å². The molecule has 0 aromatic heterocycles. The highest BCUT2D eigenvalue weighted by Gasteiger charge is 2.56. The Balaban J connectivity index is 2.06.